The van der Waals surface area contributed by atoms with Crippen molar-refractivity contribution in [2.24, 2.45) is 5.41 Å². The number of benzene rings is 1. The van der Waals surface area contributed by atoms with E-state index in [-0.39, 0.29) is 18.6 Å². The molecule has 124 valence electrons. The largest absolute Gasteiger partial charge is 0.416 e. The maximum atomic E-state index is 12.4. The lowest BCUT2D eigenvalue weighted by atomic mass is 9.90. The van der Waals surface area contributed by atoms with E-state index in [9.17, 15) is 18.0 Å². The molecule has 1 rings (SSSR count). The van der Waals surface area contributed by atoms with Crippen LogP contribution in [0.15, 0.2) is 24.3 Å². The zero-order valence-electron chi connectivity index (χ0n) is 12.6. The van der Waals surface area contributed by atoms with Crippen LogP contribution in [0.4, 0.5) is 18.0 Å². The molecule has 0 aliphatic heterocycles. The third-order valence-electron chi connectivity index (χ3n) is 3.25. The van der Waals surface area contributed by atoms with Crippen LogP contribution in [-0.2, 0) is 12.7 Å². The Morgan fingerprint density at radius 2 is 1.73 bits per heavy atom. The van der Waals surface area contributed by atoms with Crippen molar-refractivity contribution in [1.29, 1.82) is 0 Å². The van der Waals surface area contributed by atoms with E-state index in [1.165, 1.54) is 12.1 Å². The first kappa shape index (κ1) is 18.3. The van der Waals surface area contributed by atoms with Crippen LogP contribution < -0.4 is 10.6 Å². The van der Waals surface area contributed by atoms with Gasteiger partial charge in [-0.3, -0.25) is 0 Å². The monoisotopic (exact) mass is 318 g/mol. The molecule has 0 spiro atoms. The van der Waals surface area contributed by atoms with Crippen LogP contribution in [0.5, 0.6) is 0 Å². The lowest BCUT2D eigenvalue weighted by molar-refractivity contribution is -0.137. The van der Waals surface area contributed by atoms with Crippen molar-refractivity contribution < 1.29 is 23.1 Å². The Hall–Kier alpha value is -1.76. The average Bonchev–Trinajstić information content (AvgIpc) is 2.42. The van der Waals surface area contributed by atoms with E-state index in [0.29, 0.717) is 18.5 Å². The van der Waals surface area contributed by atoms with Crippen molar-refractivity contribution in [1.82, 2.24) is 10.6 Å². The van der Waals surface area contributed by atoms with Gasteiger partial charge in [0.1, 0.15) is 0 Å². The van der Waals surface area contributed by atoms with Crippen LogP contribution in [0.3, 0.4) is 0 Å². The lowest BCUT2D eigenvalue weighted by Gasteiger charge is -2.23. The van der Waals surface area contributed by atoms with E-state index in [1.54, 1.807) is 0 Å². The second-order valence-corrected chi connectivity index (χ2v) is 5.87. The molecule has 0 aliphatic carbocycles. The number of hydrogen-bond acceptors (Lipinski definition) is 2. The van der Waals surface area contributed by atoms with Gasteiger partial charge in [0.25, 0.3) is 0 Å². The van der Waals surface area contributed by atoms with E-state index >= 15 is 0 Å². The van der Waals surface area contributed by atoms with Crippen molar-refractivity contribution in [3.63, 3.8) is 0 Å². The molecule has 0 aliphatic rings. The Labute approximate surface area is 127 Å². The predicted molar refractivity (Wildman–Crippen MR) is 77.2 cm³/mol. The minimum atomic E-state index is -4.36. The minimum Gasteiger partial charge on any atom is -0.396 e. The van der Waals surface area contributed by atoms with E-state index < -0.39 is 17.8 Å². The summed E-state index contributed by atoms with van der Waals surface area (Å²) in [5.74, 6) is 0. The normalized spacial score (nSPS) is 12.1. The number of carbonyl (C=O) groups excluding carboxylic acids is 1. The van der Waals surface area contributed by atoms with Gasteiger partial charge < -0.3 is 15.7 Å². The second kappa shape index (κ2) is 7.49. The molecular formula is C15H21F3N2O2. The highest BCUT2D eigenvalue weighted by Crippen LogP contribution is 2.29. The number of amides is 2. The molecule has 0 aromatic heterocycles. The third-order valence-corrected chi connectivity index (χ3v) is 3.25. The quantitative estimate of drug-likeness (QED) is 0.755. The number of alkyl halides is 3. The smallest absolute Gasteiger partial charge is 0.396 e. The van der Waals surface area contributed by atoms with Gasteiger partial charge in [-0.05, 0) is 29.5 Å². The maximum absolute atomic E-state index is 12.4. The van der Waals surface area contributed by atoms with Gasteiger partial charge in [0.15, 0.2) is 0 Å². The molecule has 0 saturated carbocycles. The van der Waals surface area contributed by atoms with Crippen LogP contribution in [0, 0.1) is 5.41 Å². The summed E-state index contributed by atoms with van der Waals surface area (Å²) >= 11 is 0. The van der Waals surface area contributed by atoms with Crippen molar-refractivity contribution in [2.45, 2.75) is 33.0 Å². The molecule has 0 bridgehead atoms. The summed E-state index contributed by atoms with van der Waals surface area (Å²) in [6.07, 6.45) is -3.80. The number of carbonyl (C=O) groups is 1. The van der Waals surface area contributed by atoms with Gasteiger partial charge >= 0.3 is 12.2 Å². The highest BCUT2D eigenvalue weighted by Gasteiger charge is 2.29. The molecule has 0 fully saturated rings. The fourth-order valence-electron chi connectivity index (χ4n) is 1.77. The Bertz CT molecular complexity index is 485. The average molecular weight is 318 g/mol. The Balaban J connectivity index is 2.41. The van der Waals surface area contributed by atoms with Crippen LogP contribution in [0.25, 0.3) is 0 Å². The Morgan fingerprint density at radius 1 is 1.14 bits per heavy atom. The third kappa shape index (κ3) is 6.34. The summed E-state index contributed by atoms with van der Waals surface area (Å²) in [7, 11) is 0. The fourth-order valence-corrected chi connectivity index (χ4v) is 1.77. The predicted octanol–water partition coefficient (Wildman–Crippen LogP) is 2.91. The highest BCUT2D eigenvalue weighted by atomic mass is 19.4. The van der Waals surface area contributed by atoms with E-state index in [4.69, 9.17) is 5.11 Å². The summed E-state index contributed by atoms with van der Waals surface area (Å²) in [5, 5.41) is 14.1. The number of hydrogen-bond donors (Lipinski definition) is 3. The molecule has 2 amide bonds. The topological polar surface area (TPSA) is 61.4 Å². The summed E-state index contributed by atoms with van der Waals surface area (Å²) in [6, 6.07) is 4.24. The molecule has 0 radical (unpaired) electrons. The van der Waals surface area contributed by atoms with Crippen molar-refractivity contribution >= 4 is 6.03 Å². The van der Waals surface area contributed by atoms with Crippen molar-refractivity contribution in [3.8, 4) is 0 Å². The summed E-state index contributed by atoms with van der Waals surface area (Å²) in [6.45, 7) is 4.41. The van der Waals surface area contributed by atoms with Gasteiger partial charge in [-0.2, -0.15) is 13.2 Å². The number of aliphatic hydroxyl groups is 1. The zero-order valence-corrected chi connectivity index (χ0v) is 12.6. The molecule has 3 N–H and O–H groups in total. The molecule has 0 saturated heterocycles. The number of rotatable bonds is 6. The first-order chi connectivity index (χ1) is 10.1. The van der Waals surface area contributed by atoms with Gasteiger partial charge in [0.2, 0.25) is 0 Å². The molecule has 1 aromatic rings. The Morgan fingerprint density at radius 3 is 2.23 bits per heavy atom. The standard InChI is InChI=1S/C15H21F3N2O2/c1-14(2,7-8-21)10-20-13(22)19-9-11-3-5-12(6-4-11)15(16,17)18/h3-6,21H,7-10H2,1-2H3,(H2,19,20,22). The second-order valence-electron chi connectivity index (χ2n) is 5.87. The molecular weight excluding hydrogens is 297 g/mol. The molecule has 0 unspecified atom stereocenters. The van der Waals surface area contributed by atoms with Crippen molar-refractivity contribution in [2.75, 3.05) is 13.2 Å². The number of aliphatic hydroxyl groups excluding tert-OH is 1. The van der Waals surface area contributed by atoms with Gasteiger partial charge in [-0.1, -0.05) is 26.0 Å². The first-order valence-electron chi connectivity index (χ1n) is 6.93. The SMILES string of the molecule is CC(C)(CCO)CNC(=O)NCc1ccc(C(F)(F)F)cc1. The van der Waals surface area contributed by atoms with Gasteiger partial charge in [-0.15, -0.1) is 0 Å². The molecule has 1 aromatic carbocycles. The molecule has 4 nitrogen and oxygen atoms in total. The van der Waals surface area contributed by atoms with Crippen LogP contribution in [0.2, 0.25) is 0 Å². The lowest BCUT2D eigenvalue weighted by Crippen LogP contribution is -2.40. The number of halogens is 3. The molecule has 22 heavy (non-hydrogen) atoms. The van der Waals surface area contributed by atoms with Gasteiger partial charge in [-0.25, -0.2) is 4.79 Å². The highest BCUT2D eigenvalue weighted by molar-refractivity contribution is 5.73. The molecule has 0 atom stereocenters. The summed E-state index contributed by atoms with van der Waals surface area (Å²) in [5.41, 5.74) is -0.357. The molecule has 7 heteroatoms. The number of urea groups is 1. The van der Waals surface area contributed by atoms with Crippen LogP contribution in [0.1, 0.15) is 31.4 Å². The Kier molecular flexibility index (Phi) is 6.22. The molecule has 0 heterocycles. The van der Waals surface area contributed by atoms with E-state index in [1.807, 2.05) is 13.8 Å². The number of nitrogens with one attached hydrogen (secondary N) is 2. The summed E-state index contributed by atoms with van der Waals surface area (Å²) in [4.78, 5) is 11.6. The minimum absolute atomic E-state index is 0.0435. The van der Waals surface area contributed by atoms with Crippen LogP contribution >= 0.6 is 0 Å². The first-order valence-corrected chi connectivity index (χ1v) is 6.93. The van der Waals surface area contributed by atoms with Gasteiger partial charge in [0, 0.05) is 19.7 Å². The van der Waals surface area contributed by atoms with E-state index in [0.717, 1.165) is 12.1 Å². The van der Waals surface area contributed by atoms with Gasteiger partial charge in [0.05, 0.1) is 5.56 Å². The summed E-state index contributed by atoms with van der Waals surface area (Å²) < 4.78 is 37.2. The zero-order chi connectivity index (χ0) is 16.8. The van der Waals surface area contributed by atoms with Crippen LogP contribution in [-0.4, -0.2) is 24.3 Å². The fraction of sp³-hybridized carbons (Fsp3) is 0.533. The van der Waals surface area contributed by atoms with Crippen molar-refractivity contribution in [3.05, 3.63) is 35.4 Å². The maximum Gasteiger partial charge on any atom is 0.416 e. The van der Waals surface area contributed by atoms with E-state index in [2.05, 4.69) is 10.6 Å².